The van der Waals surface area contributed by atoms with Gasteiger partial charge in [-0.25, -0.2) is 0 Å². The molecule has 1 N–H and O–H groups in total. The second-order valence-corrected chi connectivity index (χ2v) is 5.45. The molecule has 2 saturated heterocycles. The van der Waals surface area contributed by atoms with Gasteiger partial charge in [0.05, 0.1) is 0 Å². The molecular formula is C15H23N3. The van der Waals surface area contributed by atoms with Crippen LogP contribution in [-0.2, 0) is 6.54 Å². The molecule has 3 heteroatoms. The standard InChI is InChI=1S/C15H23N3/c1-2-4-14(5-3-1)12-17-9-6-15(13-17)18-10-7-16-8-11-18/h1-5,15-16H,6-13H2/t15-/m0/s1. The third kappa shape index (κ3) is 2.91. The molecule has 3 nitrogen and oxygen atoms in total. The van der Waals surface area contributed by atoms with Crippen LogP contribution in [0, 0.1) is 0 Å². The molecule has 98 valence electrons. The lowest BCUT2D eigenvalue weighted by atomic mass is 10.2. The maximum absolute atomic E-state index is 3.43. The van der Waals surface area contributed by atoms with E-state index in [1.165, 1.54) is 38.2 Å². The third-order valence-corrected chi connectivity index (χ3v) is 4.16. The molecule has 1 aromatic carbocycles. The van der Waals surface area contributed by atoms with E-state index in [9.17, 15) is 0 Å². The van der Waals surface area contributed by atoms with Gasteiger partial charge in [-0.05, 0) is 12.0 Å². The van der Waals surface area contributed by atoms with Gasteiger partial charge in [0.2, 0.25) is 0 Å². The van der Waals surface area contributed by atoms with Gasteiger partial charge in [0.15, 0.2) is 0 Å². The van der Waals surface area contributed by atoms with Crippen molar-refractivity contribution in [2.45, 2.75) is 19.0 Å². The Labute approximate surface area is 110 Å². The van der Waals surface area contributed by atoms with Crippen LogP contribution in [0.3, 0.4) is 0 Å². The highest BCUT2D eigenvalue weighted by atomic mass is 15.3. The molecule has 2 aliphatic rings. The lowest BCUT2D eigenvalue weighted by Gasteiger charge is -2.32. The zero-order chi connectivity index (χ0) is 12.2. The van der Waals surface area contributed by atoms with Gasteiger partial charge in [0, 0.05) is 51.9 Å². The minimum atomic E-state index is 0.788. The van der Waals surface area contributed by atoms with Gasteiger partial charge in [0.25, 0.3) is 0 Å². The Kier molecular flexibility index (Phi) is 3.93. The molecule has 2 aliphatic heterocycles. The number of benzene rings is 1. The summed E-state index contributed by atoms with van der Waals surface area (Å²) >= 11 is 0. The van der Waals surface area contributed by atoms with E-state index in [-0.39, 0.29) is 0 Å². The first-order chi connectivity index (χ1) is 8.92. The van der Waals surface area contributed by atoms with Crippen LogP contribution >= 0.6 is 0 Å². The molecule has 0 saturated carbocycles. The van der Waals surface area contributed by atoms with Crippen molar-refractivity contribution in [3.05, 3.63) is 35.9 Å². The quantitative estimate of drug-likeness (QED) is 0.862. The fraction of sp³-hybridized carbons (Fsp3) is 0.600. The van der Waals surface area contributed by atoms with Crippen molar-refractivity contribution in [1.82, 2.24) is 15.1 Å². The van der Waals surface area contributed by atoms with Gasteiger partial charge in [-0.2, -0.15) is 0 Å². The highest BCUT2D eigenvalue weighted by Gasteiger charge is 2.28. The summed E-state index contributed by atoms with van der Waals surface area (Å²) in [6.45, 7) is 8.39. The Morgan fingerprint density at radius 2 is 1.83 bits per heavy atom. The van der Waals surface area contributed by atoms with Crippen LogP contribution in [0.25, 0.3) is 0 Å². The van der Waals surface area contributed by atoms with Gasteiger partial charge >= 0.3 is 0 Å². The molecular weight excluding hydrogens is 222 g/mol. The van der Waals surface area contributed by atoms with Gasteiger partial charge in [0.1, 0.15) is 0 Å². The van der Waals surface area contributed by atoms with Crippen molar-refractivity contribution in [2.75, 3.05) is 39.3 Å². The number of likely N-dealkylation sites (tertiary alicyclic amines) is 1. The molecule has 1 atom stereocenters. The van der Waals surface area contributed by atoms with Crippen molar-refractivity contribution >= 4 is 0 Å². The van der Waals surface area contributed by atoms with E-state index in [0.29, 0.717) is 0 Å². The Balaban J connectivity index is 1.52. The second kappa shape index (κ2) is 5.83. The van der Waals surface area contributed by atoms with Crippen LogP contribution in [0.4, 0.5) is 0 Å². The zero-order valence-electron chi connectivity index (χ0n) is 11.0. The summed E-state index contributed by atoms with van der Waals surface area (Å²) in [4.78, 5) is 5.27. The molecule has 0 unspecified atom stereocenters. The van der Waals surface area contributed by atoms with Crippen LogP contribution in [0.15, 0.2) is 30.3 Å². The molecule has 18 heavy (non-hydrogen) atoms. The normalized spacial score (nSPS) is 26.6. The highest BCUT2D eigenvalue weighted by Crippen LogP contribution is 2.18. The maximum atomic E-state index is 3.43. The number of rotatable bonds is 3. The fourth-order valence-corrected chi connectivity index (χ4v) is 3.14. The van der Waals surface area contributed by atoms with Gasteiger partial charge in [-0.1, -0.05) is 30.3 Å². The summed E-state index contributed by atoms with van der Waals surface area (Å²) in [5, 5.41) is 3.43. The van der Waals surface area contributed by atoms with Crippen LogP contribution in [0.1, 0.15) is 12.0 Å². The number of hydrogen-bond donors (Lipinski definition) is 1. The van der Waals surface area contributed by atoms with E-state index in [1.54, 1.807) is 0 Å². The lowest BCUT2D eigenvalue weighted by molar-refractivity contribution is 0.170. The van der Waals surface area contributed by atoms with E-state index in [4.69, 9.17) is 0 Å². The highest BCUT2D eigenvalue weighted by molar-refractivity contribution is 5.14. The SMILES string of the molecule is c1ccc(CN2CC[C@H](N3CCNCC3)C2)cc1. The largest absolute Gasteiger partial charge is 0.314 e. The second-order valence-electron chi connectivity index (χ2n) is 5.45. The van der Waals surface area contributed by atoms with Crippen molar-refractivity contribution in [2.24, 2.45) is 0 Å². The molecule has 2 fully saturated rings. The molecule has 0 bridgehead atoms. The van der Waals surface area contributed by atoms with Crippen LogP contribution in [0.5, 0.6) is 0 Å². The van der Waals surface area contributed by atoms with Crippen molar-refractivity contribution < 1.29 is 0 Å². The van der Waals surface area contributed by atoms with E-state index in [1.807, 2.05) is 0 Å². The monoisotopic (exact) mass is 245 g/mol. The summed E-state index contributed by atoms with van der Waals surface area (Å²) in [6.07, 6.45) is 1.34. The summed E-state index contributed by atoms with van der Waals surface area (Å²) in [5.74, 6) is 0. The Morgan fingerprint density at radius 3 is 2.61 bits per heavy atom. The Morgan fingerprint density at radius 1 is 1.06 bits per heavy atom. The van der Waals surface area contributed by atoms with E-state index in [2.05, 4.69) is 45.4 Å². The summed E-state index contributed by atoms with van der Waals surface area (Å²) in [5.41, 5.74) is 1.44. The fourth-order valence-electron chi connectivity index (χ4n) is 3.14. The number of nitrogens with one attached hydrogen (secondary N) is 1. The topological polar surface area (TPSA) is 18.5 Å². The maximum Gasteiger partial charge on any atom is 0.0236 e. The van der Waals surface area contributed by atoms with Crippen LogP contribution in [-0.4, -0.2) is 55.1 Å². The van der Waals surface area contributed by atoms with E-state index >= 15 is 0 Å². The summed E-state index contributed by atoms with van der Waals surface area (Å²) < 4.78 is 0. The average molecular weight is 245 g/mol. The molecule has 0 radical (unpaired) electrons. The van der Waals surface area contributed by atoms with Crippen LogP contribution < -0.4 is 5.32 Å². The lowest BCUT2D eigenvalue weighted by Crippen LogP contribution is -2.49. The van der Waals surface area contributed by atoms with Crippen molar-refractivity contribution in [1.29, 1.82) is 0 Å². The van der Waals surface area contributed by atoms with E-state index in [0.717, 1.165) is 25.7 Å². The summed E-state index contributed by atoms with van der Waals surface area (Å²) in [7, 11) is 0. The number of piperazine rings is 1. The first-order valence-corrected chi connectivity index (χ1v) is 7.13. The first kappa shape index (κ1) is 12.2. The van der Waals surface area contributed by atoms with Crippen LogP contribution in [0.2, 0.25) is 0 Å². The minimum absolute atomic E-state index is 0.788. The number of nitrogens with zero attached hydrogens (tertiary/aromatic N) is 2. The molecule has 0 aromatic heterocycles. The van der Waals surface area contributed by atoms with Gasteiger partial charge in [-0.15, -0.1) is 0 Å². The van der Waals surface area contributed by atoms with E-state index < -0.39 is 0 Å². The Bertz CT molecular complexity index is 359. The van der Waals surface area contributed by atoms with Gasteiger partial charge in [-0.3, -0.25) is 9.80 Å². The number of hydrogen-bond acceptors (Lipinski definition) is 3. The molecule has 0 amide bonds. The summed E-state index contributed by atoms with van der Waals surface area (Å²) in [6, 6.07) is 11.6. The first-order valence-electron chi connectivity index (χ1n) is 7.13. The molecule has 0 aliphatic carbocycles. The Hall–Kier alpha value is -0.900. The zero-order valence-corrected chi connectivity index (χ0v) is 11.0. The molecule has 0 spiro atoms. The average Bonchev–Trinajstić information content (AvgIpc) is 2.89. The van der Waals surface area contributed by atoms with Crippen molar-refractivity contribution in [3.8, 4) is 0 Å². The predicted octanol–water partition coefficient (Wildman–Crippen LogP) is 1.17. The molecule has 2 heterocycles. The van der Waals surface area contributed by atoms with Gasteiger partial charge < -0.3 is 5.32 Å². The van der Waals surface area contributed by atoms with Crippen molar-refractivity contribution in [3.63, 3.8) is 0 Å². The molecule has 1 aromatic rings. The predicted molar refractivity (Wildman–Crippen MR) is 74.6 cm³/mol. The smallest absolute Gasteiger partial charge is 0.0236 e. The molecule has 3 rings (SSSR count). The third-order valence-electron chi connectivity index (χ3n) is 4.16. The minimum Gasteiger partial charge on any atom is -0.314 e.